The third kappa shape index (κ3) is 3.47. The number of hydrogen-bond donors (Lipinski definition) is 1. The van der Waals surface area contributed by atoms with E-state index in [0.717, 1.165) is 5.70 Å². The molecule has 0 amide bonds. The van der Waals surface area contributed by atoms with E-state index in [-0.39, 0.29) is 0 Å². The van der Waals surface area contributed by atoms with Crippen molar-refractivity contribution in [2.24, 2.45) is 5.92 Å². The van der Waals surface area contributed by atoms with E-state index in [1.807, 2.05) is 11.7 Å². The molecule has 0 aliphatic rings. The summed E-state index contributed by atoms with van der Waals surface area (Å²) >= 11 is 1.66. The fraction of sp³-hybridized carbons (Fsp3) is 0.500. The first-order chi connectivity index (χ1) is 4.72. The zero-order valence-electron chi connectivity index (χ0n) is 6.64. The molecule has 0 atom stereocenters. The van der Waals surface area contributed by atoms with Gasteiger partial charge in [-0.3, -0.25) is 0 Å². The van der Waals surface area contributed by atoms with Crippen LogP contribution in [0.1, 0.15) is 13.8 Å². The fourth-order valence-electron chi connectivity index (χ4n) is 0.520. The summed E-state index contributed by atoms with van der Waals surface area (Å²) in [6.45, 7) is 4.21. The van der Waals surface area contributed by atoms with E-state index in [1.165, 1.54) is 0 Å². The van der Waals surface area contributed by atoms with E-state index >= 15 is 0 Å². The Labute approximate surface area is 67.3 Å². The normalized spacial score (nSPS) is 11.3. The van der Waals surface area contributed by atoms with Crippen molar-refractivity contribution in [1.29, 1.82) is 0 Å². The molecule has 0 saturated carbocycles. The van der Waals surface area contributed by atoms with Crippen LogP contribution in [0.5, 0.6) is 0 Å². The van der Waals surface area contributed by atoms with Gasteiger partial charge in [-0.1, -0.05) is 20.3 Å². The number of allylic oxidation sites excluding steroid dienone is 1. The highest BCUT2D eigenvalue weighted by atomic mass is 32.2. The zero-order chi connectivity index (χ0) is 7.98. The maximum Gasteiger partial charge on any atom is 0.0318 e. The van der Waals surface area contributed by atoms with Crippen molar-refractivity contribution in [3.8, 4) is 12.5 Å². The van der Waals surface area contributed by atoms with Gasteiger partial charge in [-0.25, -0.2) is 0 Å². The Bertz CT molecular complexity index is 153. The molecular weight excluding hydrogens is 142 g/mol. The van der Waals surface area contributed by atoms with E-state index in [0.29, 0.717) is 5.92 Å². The minimum Gasteiger partial charge on any atom is -0.318 e. The van der Waals surface area contributed by atoms with Crippen LogP contribution in [-0.2, 0) is 0 Å². The van der Waals surface area contributed by atoms with Gasteiger partial charge in [0.05, 0.1) is 0 Å². The minimum absolute atomic E-state index is 0.475. The molecule has 0 saturated heterocycles. The van der Waals surface area contributed by atoms with Gasteiger partial charge in [0.25, 0.3) is 0 Å². The molecule has 2 heteroatoms. The molecule has 0 aromatic carbocycles. The van der Waals surface area contributed by atoms with Gasteiger partial charge in [-0.15, -0.1) is 11.8 Å². The zero-order valence-corrected chi connectivity index (χ0v) is 7.46. The van der Waals surface area contributed by atoms with E-state index in [2.05, 4.69) is 25.2 Å². The molecule has 10 heavy (non-hydrogen) atoms. The van der Waals surface area contributed by atoms with Gasteiger partial charge in [0.2, 0.25) is 0 Å². The topological polar surface area (TPSA) is 12.0 Å². The second kappa shape index (κ2) is 5.25. The average Bonchev–Trinajstić information content (AvgIpc) is 1.87. The lowest BCUT2D eigenvalue weighted by Crippen LogP contribution is -2.10. The van der Waals surface area contributed by atoms with E-state index in [4.69, 9.17) is 6.42 Å². The first kappa shape index (κ1) is 9.45. The van der Waals surface area contributed by atoms with Gasteiger partial charge in [0, 0.05) is 11.7 Å². The Balaban J connectivity index is 4.01. The highest BCUT2D eigenvalue weighted by molar-refractivity contribution is 8.01. The van der Waals surface area contributed by atoms with E-state index in [1.54, 1.807) is 11.8 Å². The maximum absolute atomic E-state index is 5.09. The lowest BCUT2D eigenvalue weighted by molar-refractivity contribution is 0.725. The van der Waals surface area contributed by atoms with Crippen LogP contribution < -0.4 is 5.32 Å². The lowest BCUT2D eigenvalue weighted by atomic mass is 10.2. The highest BCUT2D eigenvalue weighted by Gasteiger charge is 1.98. The Morgan fingerprint density at radius 1 is 1.70 bits per heavy atom. The third-order valence-electron chi connectivity index (χ3n) is 1.08. The molecule has 0 bridgehead atoms. The SMILES string of the molecule is C#CN/C(=C\SC)C(C)C. The Morgan fingerprint density at radius 2 is 2.30 bits per heavy atom. The summed E-state index contributed by atoms with van der Waals surface area (Å²) in [6.07, 6.45) is 7.10. The van der Waals surface area contributed by atoms with Gasteiger partial charge >= 0.3 is 0 Å². The molecule has 0 unspecified atom stereocenters. The molecule has 1 N–H and O–H groups in total. The molecule has 0 radical (unpaired) electrons. The van der Waals surface area contributed by atoms with Gasteiger partial charge in [-0.05, 0) is 17.6 Å². The Morgan fingerprint density at radius 3 is 2.60 bits per heavy atom. The van der Waals surface area contributed by atoms with Crippen molar-refractivity contribution >= 4 is 11.8 Å². The molecular formula is C8H13NS. The lowest BCUT2D eigenvalue weighted by Gasteiger charge is -2.07. The molecule has 0 fully saturated rings. The maximum atomic E-state index is 5.09. The molecule has 0 heterocycles. The summed E-state index contributed by atoms with van der Waals surface area (Å²) in [6, 6.07) is 2.40. The molecule has 0 aromatic heterocycles. The van der Waals surface area contributed by atoms with Crippen LogP contribution >= 0.6 is 11.8 Å². The van der Waals surface area contributed by atoms with Crippen LogP contribution in [0.4, 0.5) is 0 Å². The Kier molecular flexibility index (Phi) is 4.96. The second-order valence-corrected chi connectivity index (χ2v) is 2.94. The van der Waals surface area contributed by atoms with Crippen molar-refractivity contribution in [1.82, 2.24) is 5.32 Å². The van der Waals surface area contributed by atoms with Crippen LogP contribution in [0.3, 0.4) is 0 Å². The molecule has 0 spiro atoms. The van der Waals surface area contributed by atoms with Crippen LogP contribution in [0.25, 0.3) is 0 Å². The number of terminal acetylenes is 1. The first-order valence-corrected chi connectivity index (χ1v) is 4.45. The molecule has 0 rings (SSSR count). The fourth-order valence-corrected chi connectivity index (χ4v) is 1.11. The van der Waals surface area contributed by atoms with Crippen molar-refractivity contribution < 1.29 is 0 Å². The monoisotopic (exact) mass is 155 g/mol. The van der Waals surface area contributed by atoms with Gasteiger partial charge in [0.1, 0.15) is 0 Å². The van der Waals surface area contributed by atoms with Crippen molar-refractivity contribution in [2.75, 3.05) is 6.26 Å². The average molecular weight is 155 g/mol. The Hall–Kier alpha value is -0.550. The minimum atomic E-state index is 0.475. The first-order valence-electron chi connectivity index (χ1n) is 3.16. The van der Waals surface area contributed by atoms with Crippen LogP contribution in [0, 0.1) is 18.4 Å². The summed E-state index contributed by atoms with van der Waals surface area (Å²) in [5.74, 6) is 0.475. The number of nitrogens with one attached hydrogen (secondary N) is 1. The highest BCUT2D eigenvalue weighted by Crippen LogP contribution is 2.09. The number of thioether (sulfide) groups is 1. The molecule has 56 valence electrons. The van der Waals surface area contributed by atoms with Gasteiger partial charge in [0.15, 0.2) is 0 Å². The molecule has 1 nitrogen and oxygen atoms in total. The van der Waals surface area contributed by atoms with E-state index < -0.39 is 0 Å². The standard InChI is InChI=1S/C8H13NS/c1-5-9-8(6-10-4)7(2)3/h1,6-7,9H,2-4H3/b8-6-. The number of rotatable bonds is 3. The van der Waals surface area contributed by atoms with Gasteiger partial charge < -0.3 is 5.32 Å². The smallest absolute Gasteiger partial charge is 0.0318 e. The van der Waals surface area contributed by atoms with Crippen molar-refractivity contribution in [3.05, 3.63) is 11.1 Å². The molecule has 0 aromatic rings. The van der Waals surface area contributed by atoms with Crippen LogP contribution in [0.2, 0.25) is 0 Å². The predicted molar refractivity (Wildman–Crippen MR) is 48.4 cm³/mol. The summed E-state index contributed by atoms with van der Waals surface area (Å²) < 4.78 is 0. The van der Waals surface area contributed by atoms with Crippen LogP contribution in [-0.4, -0.2) is 6.26 Å². The molecule has 0 aliphatic carbocycles. The quantitative estimate of drug-likeness (QED) is 0.494. The summed E-state index contributed by atoms with van der Waals surface area (Å²) in [4.78, 5) is 0. The van der Waals surface area contributed by atoms with Crippen LogP contribution in [0.15, 0.2) is 11.1 Å². The second-order valence-electron chi connectivity index (χ2n) is 2.23. The van der Waals surface area contributed by atoms with E-state index in [9.17, 15) is 0 Å². The van der Waals surface area contributed by atoms with Crippen molar-refractivity contribution in [2.45, 2.75) is 13.8 Å². The largest absolute Gasteiger partial charge is 0.318 e. The number of hydrogen-bond acceptors (Lipinski definition) is 2. The van der Waals surface area contributed by atoms with Gasteiger partial charge in [-0.2, -0.15) is 0 Å². The van der Waals surface area contributed by atoms with Crippen molar-refractivity contribution in [3.63, 3.8) is 0 Å². The predicted octanol–water partition coefficient (Wildman–Crippen LogP) is 2.03. The summed E-state index contributed by atoms with van der Waals surface area (Å²) in [5.41, 5.74) is 1.11. The summed E-state index contributed by atoms with van der Waals surface area (Å²) in [7, 11) is 0. The summed E-state index contributed by atoms with van der Waals surface area (Å²) in [5, 5.41) is 4.88. The third-order valence-corrected chi connectivity index (χ3v) is 1.57. The molecule has 0 aliphatic heterocycles.